The number of fused-ring (bicyclic) bond motifs is 1. The molecule has 0 aliphatic carbocycles. The summed E-state index contributed by atoms with van der Waals surface area (Å²) < 4.78 is 18.5. The molecule has 0 atom stereocenters. The van der Waals surface area contributed by atoms with Gasteiger partial charge in [0.25, 0.3) is 0 Å². The van der Waals surface area contributed by atoms with Crippen molar-refractivity contribution in [2.45, 2.75) is 19.4 Å². The van der Waals surface area contributed by atoms with Crippen molar-refractivity contribution in [2.24, 2.45) is 0 Å². The second-order valence-electron chi connectivity index (χ2n) is 4.35. The number of para-hydroxylation sites is 1. The summed E-state index contributed by atoms with van der Waals surface area (Å²) in [4.78, 5) is 4.01. The molecule has 19 heavy (non-hydrogen) atoms. The molecular weight excluding hydrogens is 244 g/mol. The Balaban J connectivity index is 1.44. The number of unbranched alkanes of at least 4 members (excludes halogenated alkanes) is 1. The van der Waals surface area contributed by atoms with Gasteiger partial charge in [0.1, 0.15) is 0 Å². The molecule has 1 aromatic heterocycles. The van der Waals surface area contributed by atoms with Crippen molar-refractivity contribution < 1.29 is 14.2 Å². The van der Waals surface area contributed by atoms with Gasteiger partial charge in [0, 0.05) is 18.9 Å². The molecule has 1 aliphatic heterocycles. The third kappa shape index (κ3) is 2.81. The zero-order chi connectivity index (χ0) is 12.9. The molecule has 1 aliphatic rings. The van der Waals surface area contributed by atoms with Crippen LogP contribution in [0.4, 0.5) is 0 Å². The molecule has 5 nitrogen and oxygen atoms in total. The first-order valence-electron chi connectivity index (χ1n) is 6.40. The van der Waals surface area contributed by atoms with Crippen molar-refractivity contribution in [2.75, 3.05) is 13.4 Å². The molecule has 0 bridgehead atoms. The Morgan fingerprint density at radius 2 is 2.26 bits per heavy atom. The number of hydrogen-bond donors (Lipinski definition) is 0. The Kier molecular flexibility index (Phi) is 3.54. The van der Waals surface area contributed by atoms with Crippen molar-refractivity contribution in [1.29, 1.82) is 0 Å². The third-order valence-electron chi connectivity index (χ3n) is 2.99. The Morgan fingerprint density at radius 1 is 1.26 bits per heavy atom. The molecule has 3 rings (SSSR count). The van der Waals surface area contributed by atoms with E-state index >= 15 is 0 Å². The second kappa shape index (κ2) is 5.65. The lowest BCUT2D eigenvalue weighted by Gasteiger charge is -2.08. The van der Waals surface area contributed by atoms with E-state index in [-0.39, 0.29) is 6.79 Å². The number of nitrogens with zero attached hydrogens (tertiary/aromatic N) is 2. The van der Waals surface area contributed by atoms with Crippen LogP contribution in [0.3, 0.4) is 0 Å². The Labute approximate surface area is 111 Å². The number of imidazole rings is 1. The fourth-order valence-electron chi connectivity index (χ4n) is 2.01. The molecule has 0 spiro atoms. The summed E-state index contributed by atoms with van der Waals surface area (Å²) in [5, 5.41) is 0. The standard InChI is InChI=1S/C14H16N2O3/c1(7-16-8-6-15-10-16)2-9-17-12-4-3-5-13-14(12)19-11-18-13/h3-6,8,10H,1-2,7,9,11H2. The largest absolute Gasteiger partial charge is 0.490 e. The second-order valence-corrected chi connectivity index (χ2v) is 4.35. The van der Waals surface area contributed by atoms with Crippen LogP contribution < -0.4 is 14.2 Å². The average Bonchev–Trinajstić information content (AvgIpc) is 3.09. The van der Waals surface area contributed by atoms with E-state index in [4.69, 9.17) is 14.2 Å². The predicted octanol–water partition coefficient (Wildman–Crippen LogP) is 2.47. The van der Waals surface area contributed by atoms with E-state index in [2.05, 4.69) is 9.55 Å². The number of hydrogen-bond acceptors (Lipinski definition) is 4. The fraction of sp³-hybridized carbons (Fsp3) is 0.357. The first kappa shape index (κ1) is 11.9. The first-order valence-corrected chi connectivity index (χ1v) is 6.40. The van der Waals surface area contributed by atoms with Crippen LogP contribution in [0.25, 0.3) is 0 Å². The maximum Gasteiger partial charge on any atom is 0.231 e. The Morgan fingerprint density at radius 3 is 3.16 bits per heavy atom. The van der Waals surface area contributed by atoms with Crippen LogP contribution in [-0.2, 0) is 6.54 Å². The molecule has 5 heteroatoms. The molecular formula is C14H16N2O3. The van der Waals surface area contributed by atoms with E-state index in [0.717, 1.165) is 36.6 Å². The number of aryl methyl sites for hydroxylation is 1. The van der Waals surface area contributed by atoms with Gasteiger partial charge in [-0.15, -0.1) is 0 Å². The van der Waals surface area contributed by atoms with Gasteiger partial charge in [-0.05, 0) is 25.0 Å². The smallest absolute Gasteiger partial charge is 0.231 e. The number of ether oxygens (including phenoxy) is 3. The van der Waals surface area contributed by atoms with Crippen molar-refractivity contribution >= 4 is 0 Å². The topological polar surface area (TPSA) is 45.5 Å². The minimum absolute atomic E-state index is 0.274. The molecule has 2 aromatic rings. The van der Waals surface area contributed by atoms with E-state index in [1.165, 1.54) is 0 Å². The quantitative estimate of drug-likeness (QED) is 0.748. The summed E-state index contributed by atoms with van der Waals surface area (Å²) in [6.07, 6.45) is 7.64. The van der Waals surface area contributed by atoms with Crippen LogP contribution in [0.15, 0.2) is 36.9 Å². The van der Waals surface area contributed by atoms with Crippen molar-refractivity contribution in [3.05, 3.63) is 36.9 Å². The highest BCUT2D eigenvalue weighted by molar-refractivity contribution is 5.52. The van der Waals surface area contributed by atoms with E-state index in [0.29, 0.717) is 6.61 Å². The highest BCUT2D eigenvalue weighted by Crippen LogP contribution is 2.40. The van der Waals surface area contributed by atoms with Crippen LogP contribution in [0.5, 0.6) is 17.2 Å². The van der Waals surface area contributed by atoms with Crippen molar-refractivity contribution in [3.8, 4) is 17.2 Å². The summed E-state index contributed by atoms with van der Waals surface area (Å²) in [5.74, 6) is 2.24. The lowest BCUT2D eigenvalue weighted by molar-refractivity contribution is 0.169. The monoisotopic (exact) mass is 260 g/mol. The van der Waals surface area contributed by atoms with Crippen LogP contribution in [0, 0.1) is 0 Å². The lowest BCUT2D eigenvalue weighted by atomic mass is 10.3. The van der Waals surface area contributed by atoms with Gasteiger partial charge in [-0.1, -0.05) is 6.07 Å². The zero-order valence-corrected chi connectivity index (χ0v) is 10.6. The van der Waals surface area contributed by atoms with Gasteiger partial charge in [0.05, 0.1) is 12.9 Å². The van der Waals surface area contributed by atoms with Crippen LogP contribution in [-0.4, -0.2) is 23.0 Å². The van der Waals surface area contributed by atoms with Crippen LogP contribution >= 0.6 is 0 Å². The number of rotatable bonds is 6. The van der Waals surface area contributed by atoms with Crippen LogP contribution in [0.2, 0.25) is 0 Å². The van der Waals surface area contributed by atoms with Gasteiger partial charge in [0.2, 0.25) is 12.5 Å². The molecule has 1 aromatic carbocycles. The zero-order valence-electron chi connectivity index (χ0n) is 10.6. The molecule has 0 unspecified atom stereocenters. The molecule has 0 fully saturated rings. The average molecular weight is 260 g/mol. The maximum absolute atomic E-state index is 5.74. The molecule has 100 valence electrons. The number of benzene rings is 1. The summed E-state index contributed by atoms with van der Waals surface area (Å²) in [6.45, 7) is 1.92. The summed E-state index contributed by atoms with van der Waals surface area (Å²) in [7, 11) is 0. The normalized spacial score (nSPS) is 12.6. The highest BCUT2D eigenvalue weighted by atomic mass is 16.7. The Hall–Kier alpha value is -2.17. The van der Waals surface area contributed by atoms with Crippen molar-refractivity contribution in [1.82, 2.24) is 9.55 Å². The maximum atomic E-state index is 5.74. The van der Waals surface area contributed by atoms with Crippen molar-refractivity contribution in [3.63, 3.8) is 0 Å². The van der Waals surface area contributed by atoms with E-state index in [9.17, 15) is 0 Å². The molecule has 0 radical (unpaired) electrons. The minimum atomic E-state index is 0.274. The van der Waals surface area contributed by atoms with Gasteiger partial charge < -0.3 is 18.8 Å². The summed E-state index contributed by atoms with van der Waals surface area (Å²) in [6, 6.07) is 5.70. The van der Waals surface area contributed by atoms with Gasteiger partial charge in [0.15, 0.2) is 11.5 Å². The first-order chi connectivity index (χ1) is 9.43. The third-order valence-corrected chi connectivity index (χ3v) is 2.99. The van der Waals surface area contributed by atoms with Gasteiger partial charge >= 0.3 is 0 Å². The highest BCUT2D eigenvalue weighted by Gasteiger charge is 2.17. The summed E-state index contributed by atoms with van der Waals surface area (Å²) >= 11 is 0. The fourth-order valence-corrected chi connectivity index (χ4v) is 2.01. The van der Waals surface area contributed by atoms with E-state index in [1.54, 1.807) is 6.20 Å². The molecule has 0 N–H and O–H groups in total. The van der Waals surface area contributed by atoms with E-state index in [1.807, 2.05) is 30.7 Å². The molecule has 0 amide bonds. The number of aromatic nitrogens is 2. The van der Waals surface area contributed by atoms with Gasteiger partial charge in [-0.3, -0.25) is 0 Å². The minimum Gasteiger partial charge on any atom is -0.490 e. The van der Waals surface area contributed by atoms with E-state index < -0.39 is 0 Å². The predicted molar refractivity (Wildman–Crippen MR) is 69.5 cm³/mol. The molecule has 0 saturated carbocycles. The molecule has 2 heterocycles. The SMILES string of the molecule is c1cc(OCCCCn2ccnc2)c2c(c1)OCO2. The lowest BCUT2D eigenvalue weighted by Crippen LogP contribution is -2.01. The van der Waals surface area contributed by atoms with Gasteiger partial charge in [-0.2, -0.15) is 0 Å². The van der Waals surface area contributed by atoms with Gasteiger partial charge in [-0.25, -0.2) is 4.98 Å². The Bertz CT molecular complexity index is 525. The molecule has 0 saturated heterocycles. The van der Waals surface area contributed by atoms with Crippen LogP contribution in [0.1, 0.15) is 12.8 Å². The summed E-state index contributed by atoms with van der Waals surface area (Å²) in [5.41, 5.74) is 0.